The van der Waals surface area contributed by atoms with Gasteiger partial charge in [-0.25, -0.2) is 8.42 Å². The number of likely N-dealkylation sites (tertiary alicyclic amines) is 1. The van der Waals surface area contributed by atoms with Crippen LogP contribution in [0, 0.1) is 0 Å². The summed E-state index contributed by atoms with van der Waals surface area (Å²) in [5, 5.41) is 2.97. The van der Waals surface area contributed by atoms with E-state index in [1.54, 1.807) is 24.5 Å². The number of carbonyl (C=O) groups excluding carboxylic acids is 1. The SMILES string of the molecule is O=C(NCC(c1ccco1)N1CCCC1)c1cccc(S(=O)(=O)N2CCCCC2)c1. The van der Waals surface area contributed by atoms with Crippen molar-refractivity contribution in [1.82, 2.24) is 14.5 Å². The third-order valence-corrected chi connectivity index (χ3v) is 7.85. The molecule has 2 aromatic rings. The zero-order chi connectivity index (χ0) is 21.0. The van der Waals surface area contributed by atoms with Gasteiger partial charge in [0.05, 0.1) is 17.2 Å². The monoisotopic (exact) mass is 431 g/mol. The second kappa shape index (κ2) is 9.32. The van der Waals surface area contributed by atoms with Crippen LogP contribution in [0.2, 0.25) is 0 Å². The van der Waals surface area contributed by atoms with Gasteiger partial charge in [-0.15, -0.1) is 0 Å². The highest BCUT2D eigenvalue weighted by atomic mass is 32.2. The minimum absolute atomic E-state index is 0.0216. The smallest absolute Gasteiger partial charge is 0.251 e. The topological polar surface area (TPSA) is 82.9 Å². The highest BCUT2D eigenvalue weighted by molar-refractivity contribution is 7.89. The molecule has 162 valence electrons. The Hall–Kier alpha value is -2.16. The number of rotatable bonds is 7. The van der Waals surface area contributed by atoms with Crippen molar-refractivity contribution in [3.63, 3.8) is 0 Å². The molecular weight excluding hydrogens is 402 g/mol. The Morgan fingerprint density at radius 3 is 2.43 bits per heavy atom. The Bertz CT molecular complexity index is 947. The fourth-order valence-electron chi connectivity index (χ4n) is 4.29. The van der Waals surface area contributed by atoms with Gasteiger partial charge in [0.2, 0.25) is 10.0 Å². The number of carbonyl (C=O) groups is 1. The molecule has 3 heterocycles. The Kier molecular flexibility index (Phi) is 6.55. The molecule has 0 bridgehead atoms. The standard InChI is InChI=1S/C22H29N3O4S/c26-22(23-17-20(21-10-7-15-29-21)24-11-4-5-12-24)18-8-6-9-19(16-18)30(27,28)25-13-2-1-3-14-25/h6-10,15-16,20H,1-5,11-14,17H2,(H,23,26). The first kappa shape index (κ1) is 21.1. The summed E-state index contributed by atoms with van der Waals surface area (Å²) in [6, 6.07) is 10.1. The number of furan rings is 1. The molecular formula is C22H29N3O4S. The van der Waals surface area contributed by atoms with E-state index in [-0.39, 0.29) is 16.8 Å². The van der Waals surface area contributed by atoms with Gasteiger partial charge >= 0.3 is 0 Å². The maximum Gasteiger partial charge on any atom is 0.251 e. The van der Waals surface area contributed by atoms with Crippen molar-refractivity contribution in [2.45, 2.75) is 43.0 Å². The summed E-state index contributed by atoms with van der Waals surface area (Å²) in [6.07, 6.45) is 6.74. The van der Waals surface area contributed by atoms with Crippen molar-refractivity contribution in [3.05, 3.63) is 54.0 Å². The van der Waals surface area contributed by atoms with Crippen LogP contribution in [0.1, 0.15) is 54.3 Å². The van der Waals surface area contributed by atoms with Crippen LogP contribution in [0.3, 0.4) is 0 Å². The summed E-state index contributed by atoms with van der Waals surface area (Å²) < 4.78 is 33.0. The van der Waals surface area contributed by atoms with E-state index in [1.807, 2.05) is 12.1 Å². The molecule has 4 rings (SSSR count). The van der Waals surface area contributed by atoms with E-state index in [9.17, 15) is 13.2 Å². The molecule has 8 heteroatoms. The fourth-order valence-corrected chi connectivity index (χ4v) is 5.85. The number of nitrogens with zero attached hydrogens (tertiary/aromatic N) is 2. The number of benzene rings is 1. The summed E-state index contributed by atoms with van der Waals surface area (Å²) in [6.45, 7) is 3.45. The third-order valence-electron chi connectivity index (χ3n) is 5.96. The van der Waals surface area contributed by atoms with Crippen LogP contribution in [0.4, 0.5) is 0 Å². The van der Waals surface area contributed by atoms with Crippen LogP contribution in [0.5, 0.6) is 0 Å². The van der Waals surface area contributed by atoms with Crippen LogP contribution < -0.4 is 5.32 Å². The van der Waals surface area contributed by atoms with Crippen LogP contribution in [-0.2, 0) is 10.0 Å². The molecule has 2 aliphatic heterocycles. The van der Waals surface area contributed by atoms with Crippen molar-refractivity contribution >= 4 is 15.9 Å². The van der Waals surface area contributed by atoms with Gasteiger partial charge in [0.25, 0.3) is 5.91 Å². The molecule has 1 atom stereocenters. The lowest BCUT2D eigenvalue weighted by Crippen LogP contribution is -2.37. The van der Waals surface area contributed by atoms with Crippen LogP contribution in [-0.4, -0.2) is 56.3 Å². The first-order valence-corrected chi connectivity index (χ1v) is 12.2. The predicted molar refractivity (Wildman–Crippen MR) is 114 cm³/mol. The molecule has 0 saturated carbocycles. The van der Waals surface area contributed by atoms with E-state index >= 15 is 0 Å². The number of amides is 1. The summed E-state index contributed by atoms with van der Waals surface area (Å²) in [7, 11) is -3.57. The Labute approximate surface area is 178 Å². The quantitative estimate of drug-likeness (QED) is 0.729. The highest BCUT2D eigenvalue weighted by Gasteiger charge is 2.28. The zero-order valence-corrected chi connectivity index (χ0v) is 17.9. The van der Waals surface area contributed by atoms with Crippen molar-refractivity contribution in [2.24, 2.45) is 0 Å². The number of nitrogens with one attached hydrogen (secondary N) is 1. The maximum absolute atomic E-state index is 12.9. The Morgan fingerprint density at radius 2 is 1.73 bits per heavy atom. The first-order valence-electron chi connectivity index (χ1n) is 10.7. The largest absolute Gasteiger partial charge is 0.468 e. The predicted octanol–water partition coefficient (Wildman–Crippen LogP) is 3.02. The van der Waals surface area contributed by atoms with E-state index < -0.39 is 10.0 Å². The van der Waals surface area contributed by atoms with E-state index in [1.165, 1.54) is 10.4 Å². The van der Waals surface area contributed by atoms with Crippen molar-refractivity contribution in [3.8, 4) is 0 Å². The number of piperidine rings is 1. The molecule has 1 N–H and O–H groups in total. The van der Waals surface area contributed by atoms with Crippen molar-refractivity contribution < 1.29 is 17.6 Å². The van der Waals surface area contributed by atoms with Gasteiger partial charge in [-0.05, 0) is 69.1 Å². The Morgan fingerprint density at radius 1 is 1.00 bits per heavy atom. The number of sulfonamides is 1. The van der Waals surface area contributed by atoms with Crippen LogP contribution in [0.25, 0.3) is 0 Å². The second-order valence-corrected chi connectivity index (χ2v) is 9.91. The lowest BCUT2D eigenvalue weighted by atomic mass is 10.1. The van der Waals surface area contributed by atoms with Crippen LogP contribution >= 0.6 is 0 Å². The average molecular weight is 432 g/mol. The first-order chi connectivity index (χ1) is 14.6. The molecule has 1 aromatic carbocycles. The molecule has 0 radical (unpaired) electrons. The van der Waals surface area contributed by atoms with Gasteiger partial charge in [0.15, 0.2) is 0 Å². The zero-order valence-electron chi connectivity index (χ0n) is 17.1. The average Bonchev–Trinajstić information content (AvgIpc) is 3.50. The normalized spacial score (nSPS) is 19.6. The molecule has 1 amide bonds. The van der Waals surface area contributed by atoms with Gasteiger partial charge in [-0.1, -0.05) is 12.5 Å². The maximum atomic E-state index is 12.9. The van der Waals surface area contributed by atoms with E-state index in [2.05, 4.69) is 10.2 Å². The van der Waals surface area contributed by atoms with Gasteiger partial charge in [0.1, 0.15) is 5.76 Å². The molecule has 7 nitrogen and oxygen atoms in total. The molecule has 2 fully saturated rings. The van der Waals surface area contributed by atoms with Gasteiger partial charge in [0, 0.05) is 25.2 Å². The van der Waals surface area contributed by atoms with Gasteiger partial charge in [-0.3, -0.25) is 9.69 Å². The third kappa shape index (κ3) is 4.61. The fraction of sp³-hybridized carbons (Fsp3) is 0.500. The van der Waals surface area contributed by atoms with E-state index in [0.29, 0.717) is 25.2 Å². The van der Waals surface area contributed by atoms with Gasteiger partial charge in [-0.2, -0.15) is 4.31 Å². The highest BCUT2D eigenvalue weighted by Crippen LogP contribution is 2.25. The van der Waals surface area contributed by atoms with Crippen molar-refractivity contribution in [1.29, 1.82) is 0 Å². The molecule has 1 aromatic heterocycles. The molecule has 0 spiro atoms. The number of hydrogen-bond donors (Lipinski definition) is 1. The molecule has 0 aliphatic carbocycles. The minimum atomic E-state index is -3.57. The summed E-state index contributed by atoms with van der Waals surface area (Å²) in [5.74, 6) is 0.556. The van der Waals surface area contributed by atoms with E-state index in [4.69, 9.17) is 4.42 Å². The summed E-state index contributed by atoms with van der Waals surface area (Å²) >= 11 is 0. The molecule has 2 aliphatic rings. The van der Waals surface area contributed by atoms with Crippen molar-refractivity contribution in [2.75, 3.05) is 32.7 Å². The molecule has 1 unspecified atom stereocenters. The van der Waals surface area contributed by atoms with Crippen LogP contribution in [0.15, 0.2) is 52.0 Å². The molecule has 30 heavy (non-hydrogen) atoms. The second-order valence-electron chi connectivity index (χ2n) is 7.98. The lowest BCUT2D eigenvalue weighted by Gasteiger charge is -2.26. The van der Waals surface area contributed by atoms with E-state index in [0.717, 1.165) is 51.0 Å². The molecule has 2 saturated heterocycles. The minimum Gasteiger partial charge on any atom is -0.468 e. The van der Waals surface area contributed by atoms with Gasteiger partial charge < -0.3 is 9.73 Å². The lowest BCUT2D eigenvalue weighted by molar-refractivity contribution is 0.0933. The summed E-state index contributed by atoms with van der Waals surface area (Å²) in [4.78, 5) is 15.3. The Balaban J connectivity index is 1.46. The summed E-state index contributed by atoms with van der Waals surface area (Å²) in [5.41, 5.74) is 0.354. The number of hydrogen-bond acceptors (Lipinski definition) is 5.